The average Bonchev–Trinajstić information content (AvgIpc) is 2.47. The molecule has 0 aromatic heterocycles. The van der Waals surface area contributed by atoms with Gasteiger partial charge in [0.25, 0.3) is 0 Å². The Morgan fingerprint density at radius 1 is 1.08 bits per heavy atom. The normalized spacial score (nSPS) is 39.1. The van der Waals surface area contributed by atoms with Gasteiger partial charge in [0.1, 0.15) is 0 Å². The minimum Gasteiger partial charge on any atom is -0.253 e. The lowest BCUT2D eigenvalue weighted by Crippen LogP contribution is -2.35. The standard InChI is InChI=1S/C10H16N2/c1-7(2)10-8-5-3-4-6-9(8)11-12-10/h3-12H,1-2H3. The molecule has 1 fully saturated rings. The second kappa shape index (κ2) is 3.04. The van der Waals surface area contributed by atoms with Crippen LogP contribution in [0, 0.1) is 11.8 Å². The van der Waals surface area contributed by atoms with Crippen molar-refractivity contribution in [2.75, 3.05) is 0 Å². The summed E-state index contributed by atoms with van der Waals surface area (Å²) in [6, 6.07) is 1.08. The van der Waals surface area contributed by atoms with Gasteiger partial charge in [0.15, 0.2) is 0 Å². The topological polar surface area (TPSA) is 24.1 Å². The maximum Gasteiger partial charge on any atom is 0.0474 e. The minimum atomic E-state index is 0.502. The third kappa shape index (κ3) is 1.21. The van der Waals surface area contributed by atoms with Gasteiger partial charge < -0.3 is 0 Å². The number of rotatable bonds is 1. The lowest BCUT2D eigenvalue weighted by atomic mass is 9.85. The summed E-state index contributed by atoms with van der Waals surface area (Å²) in [5, 5.41) is 0. The Kier molecular flexibility index (Phi) is 2.03. The summed E-state index contributed by atoms with van der Waals surface area (Å²) in [4.78, 5) is 0. The van der Waals surface area contributed by atoms with E-state index >= 15 is 0 Å². The van der Waals surface area contributed by atoms with Gasteiger partial charge in [-0.25, -0.2) is 5.43 Å². The maximum absolute atomic E-state index is 3.35. The van der Waals surface area contributed by atoms with Gasteiger partial charge in [-0.1, -0.05) is 38.2 Å². The molecule has 0 spiro atoms. The van der Waals surface area contributed by atoms with Gasteiger partial charge >= 0.3 is 0 Å². The average molecular weight is 164 g/mol. The van der Waals surface area contributed by atoms with Gasteiger partial charge in [0.2, 0.25) is 0 Å². The van der Waals surface area contributed by atoms with Gasteiger partial charge in [-0.05, 0) is 5.92 Å². The number of allylic oxidation sites excluding steroid dienone is 2. The van der Waals surface area contributed by atoms with Crippen LogP contribution in [0.3, 0.4) is 0 Å². The summed E-state index contributed by atoms with van der Waals surface area (Å²) in [5.74, 6) is 1.32. The zero-order valence-electron chi connectivity index (χ0n) is 7.62. The zero-order chi connectivity index (χ0) is 8.55. The molecule has 2 rings (SSSR count). The van der Waals surface area contributed by atoms with Crippen molar-refractivity contribution in [3.63, 3.8) is 0 Å². The van der Waals surface area contributed by atoms with Gasteiger partial charge in [0.05, 0.1) is 0 Å². The van der Waals surface area contributed by atoms with Crippen molar-refractivity contribution in [3.8, 4) is 0 Å². The maximum atomic E-state index is 3.35. The van der Waals surface area contributed by atoms with Crippen molar-refractivity contribution in [1.29, 1.82) is 0 Å². The lowest BCUT2D eigenvalue weighted by molar-refractivity contribution is 0.389. The summed E-state index contributed by atoms with van der Waals surface area (Å²) in [6.07, 6.45) is 8.77. The molecule has 2 nitrogen and oxygen atoms in total. The molecule has 0 aromatic carbocycles. The van der Waals surface area contributed by atoms with Crippen LogP contribution >= 0.6 is 0 Å². The molecule has 2 aliphatic rings. The van der Waals surface area contributed by atoms with Crippen LogP contribution in [0.5, 0.6) is 0 Å². The van der Waals surface area contributed by atoms with E-state index in [1.54, 1.807) is 0 Å². The fraction of sp³-hybridized carbons (Fsp3) is 0.600. The summed E-state index contributed by atoms with van der Waals surface area (Å²) in [7, 11) is 0. The molecular formula is C10H16N2. The first kappa shape index (κ1) is 8.02. The molecule has 3 unspecified atom stereocenters. The van der Waals surface area contributed by atoms with Crippen molar-refractivity contribution >= 4 is 0 Å². The second-order valence-corrected chi connectivity index (χ2v) is 3.93. The highest BCUT2D eigenvalue weighted by Crippen LogP contribution is 2.25. The van der Waals surface area contributed by atoms with Crippen LogP contribution in [0.25, 0.3) is 0 Å². The molecule has 0 aromatic rings. The van der Waals surface area contributed by atoms with Crippen molar-refractivity contribution in [1.82, 2.24) is 10.9 Å². The first-order valence-corrected chi connectivity index (χ1v) is 4.65. The van der Waals surface area contributed by atoms with E-state index in [0.29, 0.717) is 23.9 Å². The predicted molar refractivity (Wildman–Crippen MR) is 50.5 cm³/mol. The second-order valence-electron chi connectivity index (χ2n) is 3.93. The molecule has 1 aliphatic carbocycles. The van der Waals surface area contributed by atoms with Crippen LogP contribution in [0.2, 0.25) is 0 Å². The van der Waals surface area contributed by atoms with E-state index in [9.17, 15) is 0 Å². The van der Waals surface area contributed by atoms with E-state index < -0.39 is 0 Å². The van der Waals surface area contributed by atoms with Gasteiger partial charge in [-0.3, -0.25) is 5.43 Å². The minimum absolute atomic E-state index is 0.502. The number of hydrogen-bond acceptors (Lipinski definition) is 2. The highest BCUT2D eigenvalue weighted by molar-refractivity contribution is 5.21. The van der Waals surface area contributed by atoms with Crippen molar-refractivity contribution in [2.45, 2.75) is 25.9 Å². The molecule has 12 heavy (non-hydrogen) atoms. The van der Waals surface area contributed by atoms with E-state index in [1.165, 1.54) is 0 Å². The Bertz CT molecular complexity index is 218. The number of hydrogen-bond donors (Lipinski definition) is 2. The highest BCUT2D eigenvalue weighted by atomic mass is 15.4. The number of hydrazine groups is 1. The fourth-order valence-corrected chi connectivity index (χ4v) is 2.01. The van der Waals surface area contributed by atoms with Crippen LogP contribution in [-0.4, -0.2) is 12.1 Å². The zero-order valence-corrected chi connectivity index (χ0v) is 7.62. The van der Waals surface area contributed by atoms with Crippen molar-refractivity contribution in [3.05, 3.63) is 24.3 Å². The molecule has 1 saturated heterocycles. The van der Waals surface area contributed by atoms with E-state index in [-0.39, 0.29) is 0 Å². The molecule has 3 atom stereocenters. The summed E-state index contributed by atoms with van der Waals surface area (Å²) in [5.41, 5.74) is 6.65. The van der Waals surface area contributed by atoms with Gasteiger partial charge in [-0.2, -0.15) is 0 Å². The summed E-state index contributed by atoms with van der Waals surface area (Å²) < 4.78 is 0. The van der Waals surface area contributed by atoms with Crippen molar-refractivity contribution in [2.24, 2.45) is 11.8 Å². The predicted octanol–water partition coefficient (Wildman–Crippen LogP) is 1.23. The lowest BCUT2D eigenvalue weighted by Gasteiger charge is -2.22. The first-order valence-electron chi connectivity index (χ1n) is 4.65. The van der Waals surface area contributed by atoms with E-state index in [4.69, 9.17) is 0 Å². The van der Waals surface area contributed by atoms with Crippen LogP contribution in [0.4, 0.5) is 0 Å². The molecule has 0 amide bonds. The summed E-state index contributed by atoms with van der Waals surface area (Å²) in [6.45, 7) is 4.52. The Labute approximate surface area is 73.7 Å². The molecule has 0 radical (unpaired) electrons. The van der Waals surface area contributed by atoms with Crippen LogP contribution in [-0.2, 0) is 0 Å². The summed E-state index contributed by atoms with van der Waals surface area (Å²) >= 11 is 0. The molecule has 1 aliphatic heterocycles. The quantitative estimate of drug-likeness (QED) is 0.609. The Balaban J connectivity index is 2.13. The van der Waals surface area contributed by atoms with Crippen LogP contribution < -0.4 is 10.9 Å². The molecule has 66 valence electrons. The van der Waals surface area contributed by atoms with Crippen molar-refractivity contribution < 1.29 is 0 Å². The molecule has 2 heteroatoms. The number of fused-ring (bicyclic) bond motifs is 1. The highest BCUT2D eigenvalue weighted by Gasteiger charge is 2.34. The molecular weight excluding hydrogens is 148 g/mol. The largest absolute Gasteiger partial charge is 0.253 e. The van der Waals surface area contributed by atoms with E-state index in [2.05, 4.69) is 49.0 Å². The Hall–Kier alpha value is -0.600. The smallest absolute Gasteiger partial charge is 0.0474 e. The molecule has 1 heterocycles. The van der Waals surface area contributed by atoms with Gasteiger partial charge in [-0.15, -0.1) is 0 Å². The van der Waals surface area contributed by atoms with E-state index in [1.807, 2.05) is 0 Å². The molecule has 0 bridgehead atoms. The molecule has 0 saturated carbocycles. The number of nitrogens with one attached hydrogen (secondary N) is 2. The van der Waals surface area contributed by atoms with Gasteiger partial charge in [0, 0.05) is 18.0 Å². The fourth-order valence-electron chi connectivity index (χ4n) is 2.01. The monoisotopic (exact) mass is 164 g/mol. The SMILES string of the molecule is CC(C)C1NNC2C=CC=CC21. The Morgan fingerprint density at radius 3 is 2.58 bits per heavy atom. The molecule has 2 N–H and O–H groups in total. The van der Waals surface area contributed by atoms with Crippen LogP contribution in [0.1, 0.15) is 13.8 Å². The third-order valence-corrected chi connectivity index (χ3v) is 2.73. The van der Waals surface area contributed by atoms with Crippen LogP contribution in [0.15, 0.2) is 24.3 Å². The third-order valence-electron chi connectivity index (χ3n) is 2.73. The Morgan fingerprint density at radius 2 is 1.83 bits per heavy atom. The first-order chi connectivity index (χ1) is 5.79. The van der Waals surface area contributed by atoms with E-state index in [0.717, 1.165) is 0 Å².